The Kier molecular flexibility index (Phi) is 3.73. The third kappa shape index (κ3) is 2.46. The number of aryl methyl sites for hydroxylation is 1. The minimum atomic E-state index is 0.242. The van der Waals surface area contributed by atoms with Crippen molar-refractivity contribution in [2.24, 2.45) is 0 Å². The molecule has 3 aromatic carbocycles. The minimum Gasteiger partial charge on any atom is -0.454 e. The fraction of sp³-hybridized carbons (Fsp3) is 0.250. The van der Waals surface area contributed by atoms with E-state index in [1.165, 1.54) is 33.3 Å². The fourth-order valence-electron chi connectivity index (χ4n) is 4.32. The number of anilines is 2. The molecule has 4 aromatic rings. The summed E-state index contributed by atoms with van der Waals surface area (Å²) in [6.07, 6.45) is 1.30. The molecule has 0 aliphatic carbocycles. The molecule has 1 aliphatic rings. The van der Waals surface area contributed by atoms with Gasteiger partial charge >= 0.3 is 0 Å². The summed E-state index contributed by atoms with van der Waals surface area (Å²) < 4.78 is 6.40. The maximum absolute atomic E-state index is 6.40. The number of hydrogen-bond donors (Lipinski definition) is 0. The Hall–Kier alpha value is -2.78. The summed E-state index contributed by atoms with van der Waals surface area (Å²) >= 11 is 0. The lowest BCUT2D eigenvalue weighted by atomic mass is 10.0. The maximum Gasteiger partial charge on any atom is 0.159 e. The average molecular weight is 356 g/mol. The third-order valence-corrected chi connectivity index (χ3v) is 5.96. The van der Waals surface area contributed by atoms with Crippen LogP contribution in [0, 0.1) is 6.92 Å². The molecule has 0 saturated heterocycles. The summed E-state index contributed by atoms with van der Waals surface area (Å²) in [6, 6.07) is 21.5. The van der Waals surface area contributed by atoms with Crippen molar-refractivity contribution in [2.75, 3.05) is 18.5 Å². The molecule has 136 valence electrons. The molecule has 0 bridgehead atoms. The van der Waals surface area contributed by atoms with Gasteiger partial charge in [0.15, 0.2) is 5.58 Å². The Morgan fingerprint density at radius 1 is 0.926 bits per heavy atom. The molecule has 0 unspecified atom stereocenters. The molecule has 0 N–H and O–H groups in total. The first-order valence-electron chi connectivity index (χ1n) is 9.63. The van der Waals surface area contributed by atoms with Crippen LogP contribution in [0.3, 0.4) is 0 Å². The molecule has 2 heterocycles. The lowest BCUT2D eigenvalue weighted by Gasteiger charge is -2.36. The van der Waals surface area contributed by atoms with E-state index in [2.05, 4.69) is 85.3 Å². The first-order valence-corrected chi connectivity index (χ1v) is 9.63. The van der Waals surface area contributed by atoms with Gasteiger partial charge in [0.1, 0.15) is 5.58 Å². The van der Waals surface area contributed by atoms with E-state index in [-0.39, 0.29) is 6.17 Å². The Labute approximate surface area is 159 Å². The maximum atomic E-state index is 6.40. The number of hydrogen-bond acceptors (Lipinski definition) is 3. The van der Waals surface area contributed by atoms with Crippen molar-refractivity contribution in [1.82, 2.24) is 4.90 Å². The van der Waals surface area contributed by atoms with Gasteiger partial charge in [-0.3, -0.25) is 4.90 Å². The highest BCUT2D eigenvalue weighted by molar-refractivity contribution is 6.10. The van der Waals surface area contributed by atoms with Crippen LogP contribution in [-0.2, 0) is 6.42 Å². The van der Waals surface area contributed by atoms with E-state index in [0.717, 1.165) is 24.1 Å². The fourth-order valence-corrected chi connectivity index (χ4v) is 4.32. The number of furan rings is 1. The molecule has 5 rings (SSSR count). The molecule has 0 fully saturated rings. The number of likely N-dealkylation sites (N-methyl/N-ethyl adjacent to an activating group) is 1. The SMILES string of the molecule is Cc1ccc2c(oc3ccccc32)c1N1c2ccccc2CCN(C)[C@@H]1C. The predicted molar refractivity (Wildman–Crippen MR) is 113 cm³/mol. The van der Waals surface area contributed by atoms with Crippen molar-refractivity contribution in [3.63, 3.8) is 0 Å². The number of para-hydroxylation sites is 2. The lowest BCUT2D eigenvalue weighted by Crippen LogP contribution is -2.41. The molecule has 3 nitrogen and oxygen atoms in total. The molecular weight excluding hydrogens is 332 g/mol. The van der Waals surface area contributed by atoms with Crippen molar-refractivity contribution < 1.29 is 4.42 Å². The lowest BCUT2D eigenvalue weighted by molar-refractivity contribution is 0.271. The molecule has 3 heteroatoms. The van der Waals surface area contributed by atoms with Crippen LogP contribution in [0.5, 0.6) is 0 Å². The van der Waals surface area contributed by atoms with Crippen molar-refractivity contribution in [3.05, 3.63) is 71.8 Å². The molecule has 27 heavy (non-hydrogen) atoms. The van der Waals surface area contributed by atoms with E-state index in [4.69, 9.17) is 4.42 Å². The second kappa shape index (κ2) is 6.14. The van der Waals surface area contributed by atoms with Gasteiger partial charge in [-0.05, 0) is 50.6 Å². The number of nitrogens with zero attached hydrogens (tertiary/aromatic N) is 2. The van der Waals surface area contributed by atoms with Gasteiger partial charge in [-0.1, -0.05) is 48.5 Å². The number of fused-ring (bicyclic) bond motifs is 4. The number of rotatable bonds is 1. The highest BCUT2D eigenvalue weighted by Crippen LogP contribution is 2.43. The van der Waals surface area contributed by atoms with E-state index < -0.39 is 0 Å². The first kappa shape index (κ1) is 16.4. The molecular formula is C24H24N2O. The van der Waals surface area contributed by atoms with Crippen LogP contribution in [0.4, 0.5) is 11.4 Å². The van der Waals surface area contributed by atoms with Crippen molar-refractivity contribution >= 4 is 33.3 Å². The van der Waals surface area contributed by atoms with Gasteiger partial charge in [0, 0.05) is 23.0 Å². The highest BCUT2D eigenvalue weighted by Gasteiger charge is 2.29. The molecule has 1 aromatic heterocycles. The zero-order valence-corrected chi connectivity index (χ0v) is 16.1. The summed E-state index contributed by atoms with van der Waals surface area (Å²) in [4.78, 5) is 4.88. The Morgan fingerprint density at radius 3 is 2.59 bits per heavy atom. The first-order chi connectivity index (χ1) is 13.1. The summed E-state index contributed by atoms with van der Waals surface area (Å²) in [5, 5.41) is 2.36. The van der Waals surface area contributed by atoms with E-state index in [1.807, 2.05) is 6.07 Å². The second-order valence-electron chi connectivity index (χ2n) is 7.57. The molecule has 1 atom stereocenters. The van der Waals surface area contributed by atoms with Crippen LogP contribution in [0.2, 0.25) is 0 Å². The van der Waals surface area contributed by atoms with E-state index in [0.29, 0.717) is 0 Å². The smallest absolute Gasteiger partial charge is 0.159 e. The Bertz CT molecular complexity index is 1140. The van der Waals surface area contributed by atoms with Crippen LogP contribution >= 0.6 is 0 Å². The average Bonchev–Trinajstić information content (AvgIpc) is 3.01. The van der Waals surface area contributed by atoms with Crippen LogP contribution in [-0.4, -0.2) is 24.7 Å². The highest BCUT2D eigenvalue weighted by atomic mass is 16.3. The molecule has 0 radical (unpaired) electrons. The van der Waals surface area contributed by atoms with Gasteiger partial charge in [0.05, 0.1) is 11.9 Å². The van der Waals surface area contributed by atoms with Crippen molar-refractivity contribution in [1.29, 1.82) is 0 Å². The quantitative estimate of drug-likeness (QED) is 0.425. The van der Waals surface area contributed by atoms with Crippen LogP contribution in [0.15, 0.2) is 65.1 Å². The Balaban J connectivity index is 1.85. The zero-order valence-electron chi connectivity index (χ0n) is 16.1. The zero-order chi connectivity index (χ0) is 18.5. The van der Waals surface area contributed by atoms with E-state index >= 15 is 0 Å². The van der Waals surface area contributed by atoms with Crippen LogP contribution < -0.4 is 4.90 Å². The topological polar surface area (TPSA) is 19.6 Å². The molecule has 0 spiro atoms. The Morgan fingerprint density at radius 2 is 1.70 bits per heavy atom. The summed E-state index contributed by atoms with van der Waals surface area (Å²) in [7, 11) is 2.21. The third-order valence-electron chi connectivity index (χ3n) is 5.96. The second-order valence-corrected chi connectivity index (χ2v) is 7.57. The van der Waals surface area contributed by atoms with Crippen LogP contribution in [0.25, 0.3) is 21.9 Å². The minimum absolute atomic E-state index is 0.242. The van der Waals surface area contributed by atoms with Gasteiger partial charge < -0.3 is 9.32 Å². The van der Waals surface area contributed by atoms with Gasteiger partial charge in [0.2, 0.25) is 0 Å². The van der Waals surface area contributed by atoms with Gasteiger partial charge in [0.25, 0.3) is 0 Å². The molecule has 1 aliphatic heterocycles. The van der Waals surface area contributed by atoms with Crippen LogP contribution in [0.1, 0.15) is 18.1 Å². The predicted octanol–water partition coefficient (Wildman–Crippen LogP) is 5.87. The summed E-state index contributed by atoms with van der Waals surface area (Å²) in [5.74, 6) is 0. The largest absolute Gasteiger partial charge is 0.454 e. The van der Waals surface area contributed by atoms with Crippen molar-refractivity contribution in [2.45, 2.75) is 26.4 Å². The van der Waals surface area contributed by atoms with E-state index in [1.54, 1.807) is 0 Å². The summed E-state index contributed by atoms with van der Waals surface area (Å²) in [6.45, 7) is 5.51. The van der Waals surface area contributed by atoms with Crippen molar-refractivity contribution in [3.8, 4) is 0 Å². The van der Waals surface area contributed by atoms with Gasteiger partial charge in [-0.25, -0.2) is 0 Å². The molecule has 0 amide bonds. The monoisotopic (exact) mass is 356 g/mol. The summed E-state index contributed by atoms with van der Waals surface area (Å²) in [5.41, 5.74) is 7.01. The molecule has 0 saturated carbocycles. The number of benzene rings is 3. The van der Waals surface area contributed by atoms with E-state index in [9.17, 15) is 0 Å². The standard InChI is InChI=1S/C24H24N2O/c1-16-12-13-20-19-9-5-7-11-22(19)27-24(20)23(16)26-17(2)25(3)15-14-18-8-4-6-10-21(18)26/h4-13,17H,14-15H2,1-3H3/t17-/m0/s1. The van der Waals surface area contributed by atoms with Gasteiger partial charge in [-0.15, -0.1) is 0 Å². The van der Waals surface area contributed by atoms with Gasteiger partial charge in [-0.2, -0.15) is 0 Å². The normalized spacial score (nSPS) is 18.0.